The molecule has 2 fully saturated rings. The number of aromatic nitrogens is 2. The SMILES string of the molecule is CN1CCC(n2cc(NC3=NCC(C(=O)Nc4c(Cl)ccc(F)c4F)=C(OC4CC4)N3)cn2)CC1. The minimum absolute atomic E-state index is 0.0127. The lowest BCUT2D eigenvalue weighted by molar-refractivity contribution is -0.113. The van der Waals surface area contributed by atoms with Crippen molar-refractivity contribution in [2.24, 2.45) is 4.99 Å². The van der Waals surface area contributed by atoms with Gasteiger partial charge in [-0.05, 0) is 58.0 Å². The molecule has 3 aliphatic rings. The zero-order valence-electron chi connectivity index (χ0n) is 19.2. The lowest BCUT2D eigenvalue weighted by atomic mass is 10.1. The second-order valence-corrected chi connectivity index (χ2v) is 9.36. The van der Waals surface area contributed by atoms with Crippen molar-refractivity contribution in [2.75, 3.05) is 37.3 Å². The lowest BCUT2D eigenvalue weighted by Gasteiger charge is -2.28. The summed E-state index contributed by atoms with van der Waals surface area (Å²) in [5.41, 5.74) is 0.482. The summed E-state index contributed by atoms with van der Waals surface area (Å²) in [6.45, 7) is 2.04. The quantitative estimate of drug-likeness (QED) is 0.520. The molecule has 12 heteroatoms. The molecule has 5 rings (SSSR count). The number of halogens is 3. The van der Waals surface area contributed by atoms with Crippen molar-refractivity contribution in [3.63, 3.8) is 0 Å². The van der Waals surface area contributed by atoms with Gasteiger partial charge in [-0.3, -0.25) is 14.8 Å². The van der Waals surface area contributed by atoms with Gasteiger partial charge in [-0.15, -0.1) is 0 Å². The molecule has 0 spiro atoms. The molecule has 9 nitrogen and oxygen atoms in total. The topological polar surface area (TPSA) is 95.8 Å². The number of carbonyl (C=O) groups is 1. The number of ether oxygens (including phenoxy) is 1. The summed E-state index contributed by atoms with van der Waals surface area (Å²) < 4.78 is 35.7. The highest BCUT2D eigenvalue weighted by Crippen LogP contribution is 2.30. The third-order valence-corrected chi connectivity index (χ3v) is 6.51. The van der Waals surface area contributed by atoms with Crippen LogP contribution in [0.2, 0.25) is 5.02 Å². The average molecular weight is 506 g/mol. The van der Waals surface area contributed by atoms with Crippen LogP contribution in [-0.2, 0) is 9.53 Å². The van der Waals surface area contributed by atoms with Gasteiger partial charge in [0.05, 0.1) is 40.8 Å². The minimum Gasteiger partial charge on any atom is -0.475 e. The number of nitrogens with one attached hydrogen (secondary N) is 3. The van der Waals surface area contributed by atoms with Gasteiger partial charge < -0.3 is 20.3 Å². The van der Waals surface area contributed by atoms with E-state index in [9.17, 15) is 13.6 Å². The Hall–Kier alpha value is -3.18. The van der Waals surface area contributed by atoms with Crippen molar-refractivity contribution >= 4 is 34.8 Å². The number of hydrogen-bond donors (Lipinski definition) is 3. The first-order valence-electron chi connectivity index (χ1n) is 11.5. The monoisotopic (exact) mass is 505 g/mol. The van der Waals surface area contributed by atoms with E-state index in [1.54, 1.807) is 6.20 Å². The van der Waals surface area contributed by atoms with Gasteiger partial charge in [0.15, 0.2) is 11.6 Å². The van der Waals surface area contributed by atoms with Gasteiger partial charge >= 0.3 is 0 Å². The van der Waals surface area contributed by atoms with Crippen LogP contribution < -0.4 is 16.0 Å². The highest BCUT2D eigenvalue weighted by atomic mass is 35.5. The van der Waals surface area contributed by atoms with Crippen LogP contribution in [0.4, 0.5) is 20.2 Å². The first-order valence-corrected chi connectivity index (χ1v) is 11.9. The fourth-order valence-corrected chi connectivity index (χ4v) is 4.17. The van der Waals surface area contributed by atoms with Crippen LogP contribution in [0.15, 0.2) is 41.0 Å². The number of anilines is 2. The molecule has 1 aromatic heterocycles. The first-order chi connectivity index (χ1) is 16.9. The lowest BCUT2D eigenvalue weighted by Crippen LogP contribution is -2.38. The number of guanidine groups is 1. The summed E-state index contributed by atoms with van der Waals surface area (Å²) in [5.74, 6) is -2.40. The van der Waals surface area contributed by atoms with E-state index >= 15 is 0 Å². The zero-order chi connectivity index (χ0) is 24.5. The molecule has 35 heavy (non-hydrogen) atoms. The van der Waals surface area contributed by atoms with Crippen LogP contribution in [0.5, 0.6) is 0 Å². The third-order valence-electron chi connectivity index (χ3n) is 6.19. The highest BCUT2D eigenvalue weighted by molar-refractivity contribution is 6.34. The smallest absolute Gasteiger partial charge is 0.259 e. The largest absolute Gasteiger partial charge is 0.475 e. The highest BCUT2D eigenvalue weighted by Gasteiger charge is 2.31. The van der Waals surface area contributed by atoms with Crippen LogP contribution in [0.1, 0.15) is 31.7 Å². The molecule has 1 saturated carbocycles. The van der Waals surface area contributed by atoms with Crippen molar-refractivity contribution in [1.82, 2.24) is 20.0 Å². The Morgan fingerprint density at radius 3 is 2.74 bits per heavy atom. The Morgan fingerprint density at radius 2 is 2.00 bits per heavy atom. The third kappa shape index (κ3) is 5.40. The Labute approximate surface area is 206 Å². The number of nitrogens with zero attached hydrogens (tertiary/aromatic N) is 4. The molecule has 1 amide bonds. The van der Waals surface area contributed by atoms with E-state index in [0.717, 1.165) is 50.5 Å². The van der Waals surface area contributed by atoms with Gasteiger partial charge in [0.1, 0.15) is 6.10 Å². The van der Waals surface area contributed by atoms with E-state index in [4.69, 9.17) is 16.3 Å². The molecule has 2 aromatic rings. The second kappa shape index (κ2) is 9.82. The van der Waals surface area contributed by atoms with Gasteiger partial charge in [-0.25, -0.2) is 13.8 Å². The molecule has 2 aliphatic heterocycles. The van der Waals surface area contributed by atoms with E-state index in [1.165, 1.54) is 6.07 Å². The Bertz CT molecular complexity index is 1190. The maximum atomic E-state index is 14.2. The maximum absolute atomic E-state index is 14.2. The van der Waals surface area contributed by atoms with Crippen molar-refractivity contribution in [3.05, 3.63) is 52.6 Å². The summed E-state index contributed by atoms with van der Waals surface area (Å²) in [5, 5.41) is 12.9. The first kappa shape index (κ1) is 23.6. The molecule has 186 valence electrons. The summed E-state index contributed by atoms with van der Waals surface area (Å²) in [6, 6.07) is 2.42. The number of likely N-dealkylation sites (tertiary alicyclic amines) is 1. The number of amides is 1. The summed E-state index contributed by atoms with van der Waals surface area (Å²) in [4.78, 5) is 19.6. The number of aliphatic imine (C=N–C) groups is 1. The predicted molar refractivity (Wildman–Crippen MR) is 128 cm³/mol. The molecular weight excluding hydrogens is 480 g/mol. The number of hydrogen-bond acceptors (Lipinski definition) is 7. The predicted octanol–water partition coefficient (Wildman–Crippen LogP) is 3.48. The number of benzene rings is 1. The van der Waals surface area contributed by atoms with Crippen LogP contribution in [0.25, 0.3) is 0 Å². The Kier molecular flexibility index (Phi) is 6.61. The molecule has 3 N–H and O–H groups in total. The van der Waals surface area contributed by atoms with Crippen molar-refractivity contribution < 1.29 is 18.3 Å². The number of carbonyl (C=O) groups excluding carboxylic acids is 1. The molecule has 1 aliphatic carbocycles. The number of rotatable bonds is 6. The molecule has 3 heterocycles. The minimum atomic E-state index is -1.23. The van der Waals surface area contributed by atoms with E-state index in [2.05, 4.69) is 38.0 Å². The van der Waals surface area contributed by atoms with Gasteiger partial charge in [0, 0.05) is 6.20 Å². The second-order valence-electron chi connectivity index (χ2n) is 8.96. The van der Waals surface area contributed by atoms with Gasteiger partial charge in [0.25, 0.3) is 5.91 Å². The standard InChI is InChI=1S/C23H26ClF2N7O2/c1-32-8-6-14(7-9-32)33-12-13(10-28-33)29-23-27-11-16(22(31-23)35-15-2-3-15)21(34)30-20-17(24)4-5-18(25)19(20)26/h4-5,10,12,14-15H,2-3,6-9,11H2,1H3,(H,30,34)(H2,27,29,31). The van der Waals surface area contributed by atoms with E-state index in [0.29, 0.717) is 12.0 Å². The van der Waals surface area contributed by atoms with Crippen LogP contribution in [-0.4, -0.2) is 59.3 Å². The zero-order valence-corrected chi connectivity index (χ0v) is 19.9. The van der Waals surface area contributed by atoms with Crippen molar-refractivity contribution in [2.45, 2.75) is 37.8 Å². The van der Waals surface area contributed by atoms with E-state index < -0.39 is 23.2 Å². The summed E-state index contributed by atoms with van der Waals surface area (Å²) in [6.07, 6.45) is 7.45. The fourth-order valence-electron chi connectivity index (χ4n) is 3.98. The molecule has 0 unspecified atom stereocenters. The maximum Gasteiger partial charge on any atom is 0.259 e. The normalized spacial score (nSPS) is 19.3. The summed E-state index contributed by atoms with van der Waals surface area (Å²) in [7, 11) is 2.12. The molecule has 0 bridgehead atoms. The van der Waals surface area contributed by atoms with Gasteiger partial charge in [-0.1, -0.05) is 11.6 Å². The average Bonchev–Trinajstić information content (AvgIpc) is 3.54. The molecule has 0 atom stereocenters. The fraction of sp³-hybridized carbons (Fsp3) is 0.435. The Balaban J connectivity index is 1.28. The Morgan fingerprint density at radius 1 is 1.23 bits per heavy atom. The number of piperidine rings is 1. The molecule has 1 saturated heterocycles. The summed E-state index contributed by atoms with van der Waals surface area (Å²) >= 11 is 5.96. The van der Waals surface area contributed by atoms with Crippen LogP contribution in [0.3, 0.4) is 0 Å². The molecule has 0 radical (unpaired) electrons. The van der Waals surface area contributed by atoms with Crippen LogP contribution >= 0.6 is 11.6 Å². The molecule has 1 aromatic carbocycles. The van der Waals surface area contributed by atoms with Crippen molar-refractivity contribution in [1.29, 1.82) is 0 Å². The van der Waals surface area contributed by atoms with E-state index in [-0.39, 0.29) is 29.1 Å². The van der Waals surface area contributed by atoms with Gasteiger partial charge in [0.2, 0.25) is 11.8 Å². The molecular formula is C23H26ClF2N7O2. The van der Waals surface area contributed by atoms with Crippen LogP contribution in [0, 0.1) is 11.6 Å². The van der Waals surface area contributed by atoms with E-state index in [1.807, 2.05) is 10.9 Å². The van der Waals surface area contributed by atoms with Gasteiger partial charge in [-0.2, -0.15) is 5.10 Å². The van der Waals surface area contributed by atoms with Crippen molar-refractivity contribution in [3.8, 4) is 0 Å².